The lowest BCUT2D eigenvalue weighted by Gasteiger charge is -2.48. The molecule has 118 valence electrons. The summed E-state index contributed by atoms with van der Waals surface area (Å²) in [6.45, 7) is 2.00. The van der Waals surface area contributed by atoms with Crippen molar-refractivity contribution in [3.8, 4) is 0 Å². The van der Waals surface area contributed by atoms with Crippen LogP contribution in [0.1, 0.15) is 64.2 Å². The Balaban J connectivity index is 1.49. The van der Waals surface area contributed by atoms with Gasteiger partial charge in [0.1, 0.15) is 0 Å². The number of carbonyl (C=O) groups excluding carboxylic acids is 1. The van der Waals surface area contributed by atoms with Crippen LogP contribution in [0.15, 0.2) is 0 Å². The van der Waals surface area contributed by atoms with Crippen LogP contribution in [0.3, 0.4) is 0 Å². The van der Waals surface area contributed by atoms with Crippen molar-refractivity contribution in [1.82, 2.24) is 4.90 Å². The van der Waals surface area contributed by atoms with E-state index in [0.717, 1.165) is 37.8 Å². The van der Waals surface area contributed by atoms with Gasteiger partial charge in [0.25, 0.3) is 0 Å². The molecule has 4 fully saturated rings. The van der Waals surface area contributed by atoms with Crippen molar-refractivity contribution < 1.29 is 4.79 Å². The zero-order valence-electron chi connectivity index (χ0n) is 13.2. The Bertz CT molecular complexity index is 413. The van der Waals surface area contributed by atoms with Gasteiger partial charge >= 0.3 is 0 Å². The summed E-state index contributed by atoms with van der Waals surface area (Å²) in [6, 6.07) is 0.383. The molecule has 21 heavy (non-hydrogen) atoms. The average molecular weight is 290 g/mol. The second kappa shape index (κ2) is 5.26. The van der Waals surface area contributed by atoms with Gasteiger partial charge in [0, 0.05) is 25.0 Å². The van der Waals surface area contributed by atoms with Crippen molar-refractivity contribution >= 4 is 5.91 Å². The van der Waals surface area contributed by atoms with E-state index in [-0.39, 0.29) is 5.92 Å². The third-order valence-electron chi connectivity index (χ3n) is 7.30. The van der Waals surface area contributed by atoms with Gasteiger partial charge in [0.2, 0.25) is 5.91 Å². The largest absolute Gasteiger partial charge is 0.342 e. The summed E-state index contributed by atoms with van der Waals surface area (Å²) in [7, 11) is 0. The highest BCUT2D eigenvalue weighted by molar-refractivity contribution is 5.79. The summed E-state index contributed by atoms with van der Waals surface area (Å²) in [5.74, 6) is 2.33. The summed E-state index contributed by atoms with van der Waals surface area (Å²) >= 11 is 0. The van der Waals surface area contributed by atoms with Crippen molar-refractivity contribution in [3.05, 3.63) is 0 Å². The number of nitrogens with zero attached hydrogens (tertiary/aromatic N) is 1. The number of amides is 1. The molecule has 3 nitrogen and oxygen atoms in total. The Kier molecular flexibility index (Phi) is 3.52. The van der Waals surface area contributed by atoms with Crippen LogP contribution in [0.25, 0.3) is 0 Å². The maximum atomic E-state index is 12.9. The molecule has 0 radical (unpaired) electrons. The standard InChI is InChI=1S/C18H30N2O/c19-16-13-6-7-15(11-13)18(16)8-4-5-14(12-18)17(21)20-9-2-1-3-10-20/h13-16H,1-12,19H2/t13-,14?,15+,16-,18-/m1/s1. The molecular weight excluding hydrogens is 260 g/mol. The van der Waals surface area contributed by atoms with Gasteiger partial charge in [-0.3, -0.25) is 4.79 Å². The first kappa shape index (κ1) is 14.0. The lowest BCUT2D eigenvalue weighted by molar-refractivity contribution is -0.140. The minimum atomic E-state index is 0.280. The van der Waals surface area contributed by atoms with E-state index in [1.54, 1.807) is 0 Å². The number of likely N-dealkylation sites (tertiary alicyclic amines) is 1. The fourth-order valence-corrected chi connectivity index (χ4v) is 6.20. The zero-order chi connectivity index (χ0) is 14.4. The topological polar surface area (TPSA) is 46.3 Å². The van der Waals surface area contributed by atoms with Crippen LogP contribution in [0, 0.1) is 23.2 Å². The number of piperidine rings is 1. The van der Waals surface area contributed by atoms with Crippen molar-refractivity contribution in [2.24, 2.45) is 28.9 Å². The number of carbonyl (C=O) groups is 1. The molecule has 2 bridgehead atoms. The van der Waals surface area contributed by atoms with Gasteiger partial charge in [0.05, 0.1) is 0 Å². The number of hydrogen-bond donors (Lipinski definition) is 1. The van der Waals surface area contributed by atoms with Crippen molar-refractivity contribution in [3.63, 3.8) is 0 Å². The van der Waals surface area contributed by atoms with Gasteiger partial charge in [-0.15, -0.1) is 0 Å². The minimum Gasteiger partial charge on any atom is -0.342 e. The summed E-state index contributed by atoms with van der Waals surface area (Å²) in [5.41, 5.74) is 6.98. The van der Waals surface area contributed by atoms with Gasteiger partial charge in [-0.05, 0) is 75.0 Å². The Morgan fingerprint density at radius 3 is 2.57 bits per heavy atom. The Morgan fingerprint density at radius 2 is 1.86 bits per heavy atom. The van der Waals surface area contributed by atoms with E-state index < -0.39 is 0 Å². The van der Waals surface area contributed by atoms with Crippen molar-refractivity contribution in [2.45, 2.75) is 70.3 Å². The molecule has 0 aromatic heterocycles. The number of rotatable bonds is 1. The molecule has 3 heteroatoms. The molecule has 0 aromatic rings. The molecule has 2 N–H and O–H groups in total. The van der Waals surface area contributed by atoms with Crippen LogP contribution < -0.4 is 5.73 Å². The monoisotopic (exact) mass is 290 g/mol. The normalized spacial score (nSPS) is 46.2. The quantitative estimate of drug-likeness (QED) is 0.807. The summed E-state index contributed by atoms with van der Waals surface area (Å²) in [4.78, 5) is 15.0. The minimum absolute atomic E-state index is 0.280. The number of fused-ring (bicyclic) bond motifs is 3. The number of hydrogen-bond acceptors (Lipinski definition) is 2. The van der Waals surface area contributed by atoms with Gasteiger partial charge in [-0.1, -0.05) is 6.42 Å². The Labute approximate surface area is 128 Å². The first-order valence-electron chi connectivity index (χ1n) is 9.25. The molecule has 1 spiro atoms. The molecule has 1 heterocycles. The molecule has 1 saturated heterocycles. The molecule has 4 rings (SSSR count). The van der Waals surface area contributed by atoms with Crippen LogP contribution in [-0.2, 0) is 4.79 Å². The maximum Gasteiger partial charge on any atom is 0.225 e. The first-order chi connectivity index (χ1) is 10.2. The zero-order valence-corrected chi connectivity index (χ0v) is 13.2. The predicted molar refractivity (Wildman–Crippen MR) is 83.6 cm³/mol. The maximum absolute atomic E-state index is 12.9. The smallest absolute Gasteiger partial charge is 0.225 e. The lowest BCUT2D eigenvalue weighted by atomic mass is 9.59. The van der Waals surface area contributed by atoms with E-state index in [1.807, 2.05) is 0 Å². The molecule has 0 aromatic carbocycles. The molecule has 3 saturated carbocycles. The molecule has 1 amide bonds. The van der Waals surface area contributed by atoms with E-state index in [9.17, 15) is 4.79 Å². The van der Waals surface area contributed by atoms with Crippen molar-refractivity contribution in [2.75, 3.05) is 13.1 Å². The number of nitrogens with two attached hydrogens (primary N) is 1. The predicted octanol–water partition coefficient (Wildman–Crippen LogP) is 2.93. The van der Waals surface area contributed by atoms with E-state index in [4.69, 9.17) is 5.73 Å². The summed E-state index contributed by atoms with van der Waals surface area (Å²) < 4.78 is 0. The lowest BCUT2D eigenvalue weighted by Crippen LogP contribution is -2.51. The van der Waals surface area contributed by atoms with Crippen LogP contribution in [-0.4, -0.2) is 29.9 Å². The summed E-state index contributed by atoms with van der Waals surface area (Å²) in [5, 5.41) is 0. The second-order valence-corrected chi connectivity index (χ2v) is 8.21. The van der Waals surface area contributed by atoms with Crippen molar-refractivity contribution in [1.29, 1.82) is 0 Å². The molecule has 3 aliphatic carbocycles. The highest BCUT2D eigenvalue weighted by Crippen LogP contribution is 2.61. The van der Waals surface area contributed by atoms with Crippen LogP contribution in [0.5, 0.6) is 0 Å². The van der Waals surface area contributed by atoms with Gasteiger partial charge in [0.15, 0.2) is 0 Å². The SMILES string of the molecule is N[C@@H]1[C@@H]2CC[C@@H](C2)[C@]12CCCC(C(=O)N1CCCCC1)C2. The fraction of sp³-hybridized carbons (Fsp3) is 0.944. The molecule has 4 aliphatic rings. The molecule has 5 atom stereocenters. The fourth-order valence-electron chi connectivity index (χ4n) is 6.20. The summed E-state index contributed by atoms with van der Waals surface area (Å²) in [6.07, 6.45) is 12.5. The third-order valence-corrected chi connectivity index (χ3v) is 7.30. The Hall–Kier alpha value is -0.570. The molecule has 1 unspecified atom stereocenters. The highest BCUT2D eigenvalue weighted by Gasteiger charge is 2.58. The molecular formula is C18H30N2O. The van der Waals surface area contributed by atoms with E-state index in [0.29, 0.717) is 17.4 Å². The van der Waals surface area contributed by atoms with E-state index in [1.165, 1.54) is 51.4 Å². The van der Waals surface area contributed by atoms with E-state index in [2.05, 4.69) is 4.90 Å². The average Bonchev–Trinajstić information content (AvgIpc) is 3.11. The third kappa shape index (κ3) is 2.15. The van der Waals surface area contributed by atoms with Gasteiger partial charge in [-0.25, -0.2) is 0 Å². The second-order valence-electron chi connectivity index (χ2n) is 8.21. The Morgan fingerprint density at radius 1 is 1.05 bits per heavy atom. The highest BCUT2D eigenvalue weighted by atomic mass is 16.2. The molecule has 1 aliphatic heterocycles. The van der Waals surface area contributed by atoms with Gasteiger partial charge in [-0.2, -0.15) is 0 Å². The van der Waals surface area contributed by atoms with E-state index >= 15 is 0 Å². The van der Waals surface area contributed by atoms with Crippen LogP contribution in [0.4, 0.5) is 0 Å². The van der Waals surface area contributed by atoms with Crippen LogP contribution >= 0.6 is 0 Å². The van der Waals surface area contributed by atoms with Crippen LogP contribution in [0.2, 0.25) is 0 Å². The first-order valence-corrected chi connectivity index (χ1v) is 9.25. The van der Waals surface area contributed by atoms with Gasteiger partial charge < -0.3 is 10.6 Å².